The zero-order chi connectivity index (χ0) is 17.3. The van der Waals surface area contributed by atoms with Crippen molar-refractivity contribution in [2.75, 3.05) is 27.2 Å². The fraction of sp³-hybridized carbons (Fsp3) is 0.556. The third-order valence-electron chi connectivity index (χ3n) is 5.08. The molecule has 1 N–H and O–H groups in total. The average molecular weight is 350 g/mol. The maximum Gasteiger partial charge on any atom is 0.317 e. The van der Waals surface area contributed by atoms with E-state index in [0.717, 1.165) is 41.8 Å². The van der Waals surface area contributed by atoms with Crippen LogP contribution in [-0.4, -0.2) is 48.9 Å². The van der Waals surface area contributed by atoms with Crippen molar-refractivity contribution in [2.24, 2.45) is 5.92 Å². The lowest BCUT2D eigenvalue weighted by Crippen LogP contribution is -2.47. The fourth-order valence-corrected chi connectivity index (χ4v) is 3.97. The number of fused-ring (bicyclic) bond motifs is 1. The average Bonchev–Trinajstić information content (AvgIpc) is 2.98. The number of nitrogens with zero attached hydrogens (tertiary/aromatic N) is 2. The number of likely N-dealkylation sites (tertiary alicyclic amines) is 1. The number of urea groups is 1. The highest BCUT2D eigenvalue weighted by molar-refractivity contribution is 6.31. The van der Waals surface area contributed by atoms with E-state index in [9.17, 15) is 9.59 Å². The molecule has 3 amide bonds. The summed E-state index contributed by atoms with van der Waals surface area (Å²) in [5.74, 6) is 0.199. The minimum atomic E-state index is -0.0384. The Bertz CT molecular complexity index is 639. The Kier molecular flexibility index (Phi) is 4.99. The number of nitrogens with one attached hydrogen (secondary N) is 1. The van der Waals surface area contributed by atoms with E-state index in [1.165, 1.54) is 0 Å². The number of hydrogen-bond acceptors (Lipinski definition) is 2. The molecule has 1 aromatic rings. The lowest BCUT2D eigenvalue weighted by Gasteiger charge is -2.33. The van der Waals surface area contributed by atoms with Gasteiger partial charge in [0.2, 0.25) is 5.91 Å². The maximum absolute atomic E-state index is 12.5. The van der Waals surface area contributed by atoms with Gasteiger partial charge in [-0.25, -0.2) is 4.79 Å². The Morgan fingerprint density at radius 3 is 2.58 bits per heavy atom. The number of halogens is 1. The van der Waals surface area contributed by atoms with Gasteiger partial charge in [0.25, 0.3) is 0 Å². The molecular formula is C18H24ClN3O2. The van der Waals surface area contributed by atoms with E-state index in [1.807, 2.05) is 23.1 Å². The van der Waals surface area contributed by atoms with Gasteiger partial charge in [-0.05, 0) is 42.9 Å². The Morgan fingerprint density at radius 1 is 1.21 bits per heavy atom. The van der Waals surface area contributed by atoms with Gasteiger partial charge in [-0.15, -0.1) is 0 Å². The second-order valence-corrected chi connectivity index (χ2v) is 7.25. The summed E-state index contributed by atoms with van der Waals surface area (Å²) < 4.78 is 0. The van der Waals surface area contributed by atoms with E-state index >= 15 is 0 Å². The fourth-order valence-electron chi connectivity index (χ4n) is 3.69. The van der Waals surface area contributed by atoms with Crippen molar-refractivity contribution >= 4 is 23.5 Å². The number of rotatable bonds is 2. The van der Waals surface area contributed by atoms with Crippen LogP contribution in [0.2, 0.25) is 5.02 Å². The Hall–Kier alpha value is -1.75. The first-order valence-corrected chi connectivity index (χ1v) is 8.89. The van der Waals surface area contributed by atoms with Crippen LogP contribution in [-0.2, 0) is 11.2 Å². The monoisotopic (exact) mass is 349 g/mol. The smallest absolute Gasteiger partial charge is 0.317 e. The van der Waals surface area contributed by atoms with Gasteiger partial charge < -0.3 is 15.1 Å². The van der Waals surface area contributed by atoms with Gasteiger partial charge in [-0.1, -0.05) is 23.7 Å². The molecular weight excluding hydrogens is 326 g/mol. The molecule has 1 atom stereocenters. The lowest BCUT2D eigenvalue weighted by atomic mass is 9.96. The minimum absolute atomic E-state index is 0.0346. The van der Waals surface area contributed by atoms with Crippen LogP contribution in [0.4, 0.5) is 4.79 Å². The first-order chi connectivity index (χ1) is 11.5. The molecule has 1 unspecified atom stereocenters. The van der Waals surface area contributed by atoms with Gasteiger partial charge >= 0.3 is 6.03 Å². The molecule has 130 valence electrons. The maximum atomic E-state index is 12.5. The van der Waals surface area contributed by atoms with Crippen LogP contribution in [0.15, 0.2) is 18.2 Å². The first kappa shape index (κ1) is 17.1. The van der Waals surface area contributed by atoms with E-state index < -0.39 is 0 Å². The van der Waals surface area contributed by atoms with Gasteiger partial charge in [-0.3, -0.25) is 4.79 Å². The van der Waals surface area contributed by atoms with Crippen molar-refractivity contribution < 1.29 is 9.59 Å². The van der Waals surface area contributed by atoms with Crippen molar-refractivity contribution in [1.82, 2.24) is 15.1 Å². The summed E-state index contributed by atoms with van der Waals surface area (Å²) in [6.45, 7) is 1.26. The standard InChI is InChI=1S/C18H24ClN3O2/c1-21(2)17(23)12-8-10-22(11-9-12)18(24)20-16-7-6-13-14(16)4-3-5-15(13)19/h3-5,12,16H,6-11H2,1-2H3,(H,20,24). The third kappa shape index (κ3) is 3.36. The molecule has 1 saturated heterocycles. The molecule has 3 rings (SSSR count). The molecule has 1 heterocycles. The van der Waals surface area contributed by atoms with Crippen LogP contribution in [0.1, 0.15) is 36.4 Å². The molecule has 2 aliphatic rings. The highest BCUT2D eigenvalue weighted by atomic mass is 35.5. The minimum Gasteiger partial charge on any atom is -0.349 e. The van der Waals surface area contributed by atoms with E-state index in [0.29, 0.717) is 13.1 Å². The summed E-state index contributed by atoms with van der Waals surface area (Å²) in [5, 5.41) is 3.92. The molecule has 0 aromatic heterocycles. The van der Waals surface area contributed by atoms with Crippen molar-refractivity contribution in [1.29, 1.82) is 0 Å². The number of benzene rings is 1. The SMILES string of the molecule is CN(C)C(=O)C1CCN(C(=O)NC2CCc3c(Cl)cccc32)CC1. The molecule has 0 bridgehead atoms. The number of piperidine rings is 1. The van der Waals surface area contributed by atoms with Gasteiger partial charge in [0.1, 0.15) is 0 Å². The van der Waals surface area contributed by atoms with Crippen LogP contribution < -0.4 is 5.32 Å². The largest absolute Gasteiger partial charge is 0.349 e. The van der Waals surface area contributed by atoms with Crippen LogP contribution in [0.3, 0.4) is 0 Å². The van der Waals surface area contributed by atoms with Gasteiger partial charge in [0.15, 0.2) is 0 Å². The zero-order valence-corrected chi connectivity index (χ0v) is 15.0. The zero-order valence-electron chi connectivity index (χ0n) is 14.2. The van der Waals surface area contributed by atoms with E-state index in [1.54, 1.807) is 19.0 Å². The predicted molar refractivity (Wildman–Crippen MR) is 94.0 cm³/mol. The highest BCUT2D eigenvalue weighted by Gasteiger charge is 2.31. The van der Waals surface area contributed by atoms with E-state index in [4.69, 9.17) is 11.6 Å². The van der Waals surface area contributed by atoms with Crippen molar-refractivity contribution in [2.45, 2.75) is 31.7 Å². The van der Waals surface area contributed by atoms with Crippen molar-refractivity contribution in [3.8, 4) is 0 Å². The van der Waals surface area contributed by atoms with Gasteiger partial charge in [0, 0.05) is 38.1 Å². The molecule has 1 aliphatic heterocycles. The first-order valence-electron chi connectivity index (χ1n) is 8.51. The molecule has 5 nitrogen and oxygen atoms in total. The summed E-state index contributed by atoms with van der Waals surface area (Å²) >= 11 is 6.23. The molecule has 6 heteroatoms. The van der Waals surface area contributed by atoms with Crippen LogP contribution in [0, 0.1) is 5.92 Å². The Morgan fingerprint density at radius 2 is 1.92 bits per heavy atom. The van der Waals surface area contributed by atoms with Crippen molar-refractivity contribution in [3.05, 3.63) is 34.3 Å². The Labute approximate surface area is 147 Å². The number of carbonyl (C=O) groups excluding carboxylic acids is 2. The second kappa shape index (κ2) is 7.01. The predicted octanol–water partition coefficient (Wildman–Crippen LogP) is 2.84. The molecule has 1 aromatic carbocycles. The van der Waals surface area contributed by atoms with Crippen LogP contribution in [0.25, 0.3) is 0 Å². The summed E-state index contributed by atoms with van der Waals surface area (Å²) in [6.07, 6.45) is 3.26. The van der Waals surface area contributed by atoms with Crippen molar-refractivity contribution in [3.63, 3.8) is 0 Å². The van der Waals surface area contributed by atoms with E-state index in [-0.39, 0.29) is 23.9 Å². The molecule has 1 aliphatic carbocycles. The molecule has 0 radical (unpaired) electrons. The number of amides is 3. The summed E-state index contributed by atoms with van der Waals surface area (Å²) in [6, 6.07) is 5.87. The van der Waals surface area contributed by atoms with Gasteiger partial charge in [0.05, 0.1) is 6.04 Å². The van der Waals surface area contributed by atoms with Crippen LogP contribution >= 0.6 is 11.6 Å². The summed E-state index contributed by atoms with van der Waals surface area (Å²) in [7, 11) is 3.56. The molecule has 0 saturated carbocycles. The highest BCUT2D eigenvalue weighted by Crippen LogP contribution is 2.35. The van der Waals surface area contributed by atoms with Crippen LogP contribution in [0.5, 0.6) is 0 Å². The summed E-state index contributed by atoms with van der Waals surface area (Å²) in [5.41, 5.74) is 2.29. The number of hydrogen-bond donors (Lipinski definition) is 1. The number of carbonyl (C=O) groups is 2. The van der Waals surface area contributed by atoms with E-state index in [2.05, 4.69) is 5.32 Å². The Balaban J connectivity index is 1.56. The molecule has 1 fully saturated rings. The lowest BCUT2D eigenvalue weighted by molar-refractivity contribution is -0.134. The topological polar surface area (TPSA) is 52.7 Å². The summed E-state index contributed by atoms with van der Waals surface area (Å²) in [4.78, 5) is 28.0. The van der Waals surface area contributed by atoms with Gasteiger partial charge in [-0.2, -0.15) is 0 Å². The third-order valence-corrected chi connectivity index (χ3v) is 5.44. The normalized spacial score (nSPS) is 20.6. The molecule has 24 heavy (non-hydrogen) atoms. The molecule has 0 spiro atoms. The quantitative estimate of drug-likeness (QED) is 0.892. The second-order valence-electron chi connectivity index (χ2n) is 6.84.